The normalized spacial score (nSPS) is 24.4. The van der Waals surface area contributed by atoms with Crippen LogP contribution in [0.4, 0.5) is 0 Å². The van der Waals surface area contributed by atoms with Gasteiger partial charge in [-0.2, -0.15) is 0 Å². The third kappa shape index (κ3) is 3.95. The van der Waals surface area contributed by atoms with E-state index in [-0.39, 0.29) is 0 Å². The maximum atomic E-state index is 9.65. The fraction of sp³-hybridized carbons (Fsp3) is 1.00. The van der Waals surface area contributed by atoms with Crippen molar-refractivity contribution in [2.75, 3.05) is 26.7 Å². The number of nitrogens with one attached hydrogen (secondary N) is 1. The average molecular weight is 200 g/mol. The van der Waals surface area contributed by atoms with E-state index in [1.807, 2.05) is 20.9 Å². The third-order valence-corrected chi connectivity index (χ3v) is 2.95. The number of aliphatic hydroxyl groups is 1. The Bertz CT molecular complexity index is 165. The van der Waals surface area contributed by atoms with Crippen molar-refractivity contribution in [1.82, 2.24) is 10.2 Å². The standard InChI is InChI=1S/C11H24N2O/c1-11(2,14)6-8-13-7-4-5-10(13)9-12-3/h10,12,14H,4-9H2,1-3H3. The number of hydrogen-bond donors (Lipinski definition) is 2. The molecule has 0 bridgehead atoms. The lowest BCUT2D eigenvalue weighted by molar-refractivity contribution is 0.0560. The second-order valence-electron chi connectivity index (χ2n) is 4.95. The van der Waals surface area contributed by atoms with Crippen molar-refractivity contribution in [1.29, 1.82) is 0 Å². The first kappa shape index (κ1) is 12.0. The fourth-order valence-electron chi connectivity index (χ4n) is 2.07. The van der Waals surface area contributed by atoms with Crippen molar-refractivity contribution in [3.8, 4) is 0 Å². The first-order chi connectivity index (χ1) is 6.53. The predicted octanol–water partition coefficient (Wildman–Crippen LogP) is 0.831. The van der Waals surface area contributed by atoms with Crippen LogP contribution in [0.15, 0.2) is 0 Å². The Labute approximate surface area is 87.5 Å². The van der Waals surface area contributed by atoms with Gasteiger partial charge in [0.1, 0.15) is 0 Å². The Morgan fingerprint density at radius 2 is 2.21 bits per heavy atom. The lowest BCUT2D eigenvalue weighted by Gasteiger charge is -2.27. The van der Waals surface area contributed by atoms with Gasteiger partial charge in [0.15, 0.2) is 0 Å². The molecule has 1 heterocycles. The number of rotatable bonds is 5. The van der Waals surface area contributed by atoms with Gasteiger partial charge in [0.2, 0.25) is 0 Å². The highest BCUT2D eigenvalue weighted by Gasteiger charge is 2.25. The topological polar surface area (TPSA) is 35.5 Å². The van der Waals surface area contributed by atoms with Crippen LogP contribution in [0.2, 0.25) is 0 Å². The van der Waals surface area contributed by atoms with Crippen molar-refractivity contribution >= 4 is 0 Å². The van der Waals surface area contributed by atoms with E-state index >= 15 is 0 Å². The van der Waals surface area contributed by atoms with Crippen LogP contribution < -0.4 is 5.32 Å². The van der Waals surface area contributed by atoms with Crippen LogP contribution >= 0.6 is 0 Å². The molecule has 0 aromatic rings. The van der Waals surface area contributed by atoms with E-state index in [1.165, 1.54) is 19.4 Å². The smallest absolute Gasteiger partial charge is 0.0603 e. The van der Waals surface area contributed by atoms with Crippen molar-refractivity contribution in [2.24, 2.45) is 0 Å². The molecule has 3 heteroatoms. The molecule has 0 spiro atoms. The molecule has 0 amide bonds. The molecule has 0 radical (unpaired) electrons. The summed E-state index contributed by atoms with van der Waals surface area (Å²) in [7, 11) is 2.01. The number of likely N-dealkylation sites (tertiary alicyclic amines) is 1. The minimum Gasteiger partial charge on any atom is -0.390 e. The van der Waals surface area contributed by atoms with Gasteiger partial charge < -0.3 is 10.4 Å². The van der Waals surface area contributed by atoms with E-state index in [0.29, 0.717) is 6.04 Å². The molecular formula is C11H24N2O. The van der Waals surface area contributed by atoms with Crippen LogP contribution in [0, 0.1) is 0 Å². The molecule has 1 aliphatic rings. The first-order valence-corrected chi connectivity index (χ1v) is 5.64. The van der Waals surface area contributed by atoms with Gasteiger partial charge in [0, 0.05) is 19.1 Å². The molecule has 1 unspecified atom stereocenters. The molecule has 1 rings (SSSR count). The monoisotopic (exact) mass is 200 g/mol. The Hall–Kier alpha value is -0.120. The predicted molar refractivity (Wildman–Crippen MR) is 59.4 cm³/mol. The molecule has 1 aliphatic heterocycles. The number of likely N-dealkylation sites (N-methyl/N-ethyl adjacent to an activating group) is 1. The summed E-state index contributed by atoms with van der Waals surface area (Å²) in [6.45, 7) is 7.07. The Morgan fingerprint density at radius 3 is 2.79 bits per heavy atom. The van der Waals surface area contributed by atoms with Crippen molar-refractivity contribution < 1.29 is 5.11 Å². The first-order valence-electron chi connectivity index (χ1n) is 5.64. The lowest BCUT2D eigenvalue weighted by Crippen LogP contribution is -2.39. The molecule has 1 saturated heterocycles. The van der Waals surface area contributed by atoms with Crippen LogP contribution in [-0.4, -0.2) is 48.3 Å². The second kappa shape index (κ2) is 5.10. The largest absolute Gasteiger partial charge is 0.390 e. The summed E-state index contributed by atoms with van der Waals surface area (Å²) < 4.78 is 0. The molecule has 0 saturated carbocycles. The molecule has 3 nitrogen and oxygen atoms in total. The van der Waals surface area contributed by atoms with Gasteiger partial charge in [-0.05, 0) is 46.7 Å². The lowest BCUT2D eigenvalue weighted by atomic mass is 10.1. The van der Waals surface area contributed by atoms with Crippen molar-refractivity contribution in [3.63, 3.8) is 0 Å². The zero-order chi connectivity index (χ0) is 10.6. The summed E-state index contributed by atoms with van der Waals surface area (Å²) in [6.07, 6.45) is 3.47. The van der Waals surface area contributed by atoms with E-state index < -0.39 is 5.60 Å². The van der Waals surface area contributed by atoms with Crippen LogP contribution in [0.25, 0.3) is 0 Å². The van der Waals surface area contributed by atoms with Crippen LogP contribution in [0.1, 0.15) is 33.1 Å². The quantitative estimate of drug-likeness (QED) is 0.690. The average Bonchev–Trinajstić information content (AvgIpc) is 2.48. The van der Waals surface area contributed by atoms with Gasteiger partial charge >= 0.3 is 0 Å². The Morgan fingerprint density at radius 1 is 1.50 bits per heavy atom. The van der Waals surface area contributed by atoms with E-state index in [4.69, 9.17) is 0 Å². The summed E-state index contributed by atoms with van der Waals surface area (Å²) in [5, 5.41) is 12.9. The molecule has 2 N–H and O–H groups in total. The highest BCUT2D eigenvalue weighted by molar-refractivity contribution is 4.82. The summed E-state index contributed by atoms with van der Waals surface area (Å²) in [6, 6.07) is 0.683. The summed E-state index contributed by atoms with van der Waals surface area (Å²) in [5.41, 5.74) is -0.521. The summed E-state index contributed by atoms with van der Waals surface area (Å²) in [5.74, 6) is 0. The zero-order valence-corrected chi connectivity index (χ0v) is 9.71. The fourth-order valence-corrected chi connectivity index (χ4v) is 2.07. The molecule has 0 aromatic heterocycles. The third-order valence-electron chi connectivity index (χ3n) is 2.95. The summed E-state index contributed by atoms with van der Waals surface area (Å²) in [4.78, 5) is 2.49. The molecule has 84 valence electrons. The molecular weight excluding hydrogens is 176 g/mol. The van der Waals surface area contributed by atoms with Crippen molar-refractivity contribution in [3.05, 3.63) is 0 Å². The SMILES string of the molecule is CNCC1CCCN1CCC(C)(C)O. The van der Waals surface area contributed by atoms with Crippen LogP contribution in [0.3, 0.4) is 0 Å². The van der Waals surface area contributed by atoms with E-state index in [1.54, 1.807) is 0 Å². The van der Waals surface area contributed by atoms with Gasteiger partial charge in [-0.1, -0.05) is 0 Å². The number of nitrogens with zero attached hydrogens (tertiary/aromatic N) is 1. The van der Waals surface area contributed by atoms with E-state index in [2.05, 4.69) is 10.2 Å². The van der Waals surface area contributed by atoms with E-state index in [0.717, 1.165) is 19.5 Å². The Balaban J connectivity index is 2.29. The zero-order valence-electron chi connectivity index (χ0n) is 9.71. The maximum Gasteiger partial charge on any atom is 0.0603 e. The van der Waals surface area contributed by atoms with Gasteiger partial charge in [0.05, 0.1) is 5.60 Å². The van der Waals surface area contributed by atoms with Crippen LogP contribution in [-0.2, 0) is 0 Å². The molecule has 0 aliphatic carbocycles. The van der Waals surface area contributed by atoms with E-state index in [9.17, 15) is 5.11 Å². The molecule has 14 heavy (non-hydrogen) atoms. The minimum atomic E-state index is -0.521. The molecule has 1 atom stereocenters. The highest BCUT2D eigenvalue weighted by atomic mass is 16.3. The van der Waals surface area contributed by atoms with Gasteiger partial charge in [-0.15, -0.1) is 0 Å². The molecule has 0 aromatic carbocycles. The molecule has 1 fully saturated rings. The highest BCUT2D eigenvalue weighted by Crippen LogP contribution is 2.18. The van der Waals surface area contributed by atoms with Crippen LogP contribution in [0.5, 0.6) is 0 Å². The van der Waals surface area contributed by atoms with Gasteiger partial charge in [-0.25, -0.2) is 0 Å². The number of hydrogen-bond acceptors (Lipinski definition) is 3. The summed E-state index contributed by atoms with van der Waals surface area (Å²) >= 11 is 0. The van der Waals surface area contributed by atoms with Gasteiger partial charge in [0.25, 0.3) is 0 Å². The maximum absolute atomic E-state index is 9.65. The minimum absolute atomic E-state index is 0.521. The van der Waals surface area contributed by atoms with Crippen molar-refractivity contribution in [2.45, 2.75) is 44.8 Å². The van der Waals surface area contributed by atoms with Gasteiger partial charge in [-0.3, -0.25) is 4.90 Å². The second-order valence-corrected chi connectivity index (χ2v) is 4.95. The Kier molecular flexibility index (Phi) is 4.35.